The van der Waals surface area contributed by atoms with E-state index in [9.17, 15) is 13.6 Å². The van der Waals surface area contributed by atoms with E-state index in [-0.39, 0.29) is 30.9 Å². The second kappa shape index (κ2) is 7.36. The van der Waals surface area contributed by atoms with Gasteiger partial charge in [-0.15, -0.1) is 0 Å². The van der Waals surface area contributed by atoms with E-state index in [0.29, 0.717) is 0 Å². The molecule has 6 heteroatoms. The molecular weight excluding hydrogens is 278 g/mol. The minimum Gasteiger partial charge on any atom is -0.488 e. The van der Waals surface area contributed by atoms with Crippen LogP contribution in [0.5, 0.6) is 5.75 Å². The number of benzene rings is 1. The molecule has 1 aromatic rings. The summed E-state index contributed by atoms with van der Waals surface area (Å²) in [5.74, 6) is -0.821. The first kappa shape index (κ1) is 15.7. The highest BCUT2D eigenvalue weighted by Gasteiger charge is 2.20. The van der Waals surface area contributed by atoms with Crippen molar-refractivity contribution >= 4 is 5.91 Å². The Morgan fingerprint density at radius 3 is 2.86 bits per heavy atom. The lowest BCUT2D eigenvalue weighted by Crippen LogP contribution is -2.42. The largest absolute Gasteiger partial charge is 0.488 e. The molecule has 0 saturated heterocycles. The van der Waals surface area contributed by atoms with E-state index in [4.69, 9.17) is 4.74 Å². The number of rotatable bonds is 8. The Kier molecular flexibility index (Phi) is 5.50. The third-order valence-electron chi connectivity index (χ3n) is 3.21. The Labute approximate surface area is 122 Å². The number of hydrogen-bond donors (Lipinski definition) is 2. The average Bonchev–Trinajstić information content (AvgIpc) is 3.21. The molecule has 1 amide bonds. The van der Waals surface area contributed by atoms with Crippen LogP contribution in [-0.4, -0.2) is 31.6 Å². The summed E-state index contributed by atoms with van der Waals surface area (Å²) in [5, 5.41) is 5.84. The predicted molar refractivity (Wildman–Crippen MR) is 75.1 cm³/mol. The second-order valence-electron chi connectivity index (χ2n) is 5.43. The van der Waals surface area contributed by atoms with Crippen LogP contribution >= 0.6 is 0 Å². The van der Waals surface area contributed by atoms with Gasteiger partial charge in [-0.1, -0.05) is 0 Å². The van der Waals surface area contributed by atoms with Crippen molar-refractivity contribution in [3.05, 3.63) is 29.8 Å². The Balaban J connectivity index is 1.65. The van der Waals surface area contributed by atoms with Crippen LogP contribution in [-0.2, 0) is 4.79 Å². The first-order valence-corrected chi connectivity index (χ1v) is 7.12. The molecule has 0 spiro atoms. The summed E-state index contributed by atoms with van der Waals surface area (Å²) in [6.07, 6.45) is 2.48. The monoisotopic (exact) mass is 298 g/mol. The molecule has 2 N–H and O–H groups in total. The molecule has 1 fully saturated rings. The summed E-state index contributed by atoms with van der Waals surface area (Å²) < 4.78 is 31.3. The molecule has 0 radical (unpaired) electrons. The van der Waals surface area contributed by atoms with E-state index >= 15 is 0 Å². The van der Waals surface area contributed by atoms with Crippen molar-refractivity contribution < 1.29 is 18.3 Å². The van der Waals surface area contributed by atoms with Crippen molar-refractivity contribution in [2.75, 3.05) is 19.7 Å². The molecule has 1 aromatic carbocycles. The maximum absolute atomic E-state index is 13.3. The van der Waals surface area contributed by atoms with Gasteiger partial charge in [0.2, 0.25) is 5.91 Å². The number of amides is 1. The lowest BCUT2D eigenvalue weighted by Gasteiger charge is -2.15. The van der Waals surface area contributed by atoms with E-state index in [1.54, 1.807) is 6.92 Å². The van der Waals surface area contributed by atoms with Gasteiger partial charge in [-0.3, -0.25) is 4.79 Å². The molecule has 21 heavy (non-hydrogen) atoms. The van der Waals surface area contributed by atoms with Crippen molar-refractivity contribution in [2.45, 2.75) is 25.8 Å². The molecule has 2 rings (SSSR count). The summed E-state index contributed by atoms with van der Waals surface area (Å²) in [5.41, 5.74) is 0. The van der Waals surface area contributed by atoms with E-state index in [0.717, 1.165) is 24.6 Å². The van der Waals surface area contributed by atoms with Crippen LogP contribution in [0.3, 0.4) is 0 Å². The summed E-state index contributed by atoms with van der Waals surface area (Å²) in [7, 11) is 0. The number of carbonyl (C=O) groups excluding carboxylic acids is 1. The van der Waals surface area contributed by atoms with E-state index in [1.807, 2.05) is 0 Å². The van der Waals surface area contributed by atoms with Gasteiger partial charge in [-0.05, 0) is 44.4 Å². The van der Waals surface area contributed by atoms with Gasteiger partial charge in [-0.25, -0.2) is 8.78 Å². The van der Waals surface area contributed by atoms with Crippen LogP contribution in [0.2, 0.25) is 0 Å². The summed E-state index contributed by atoms with van der Waals surface area (Å²) in [4.78, 5) is 11.6. The maximum atomic E-state index is 13.3. The number of carbonyl (C=O) groups is 1. The Hall–Kier alpha value is -1.69. The number of hydrogen-bond acceptors (Lipinski definition) is 3. The molecule has 0 heterocycles. The molecule has 0 aromatic heterocycles. The third kappa shape index (κ3) is 5.67. The predicted octanol–water partition coefficient (Wildman–Crippen LogP) is 1.85. The van der Waals surface area contributed by atoms with Gasteiger partial charge in [-0.2, -0.15) is 0 Å². The first-order valence-electron chi connectivity index (χ1n) is 7.12. The van der Waals surface area contributed by atoms with Crippen LogP contribution in [0.1, 0.15) is 19.8 Å². The van der Waals surface area contributed by atoms with Crippen LogP contribution in [0.4, 0.5) is 8.78 Å². The number of ether oxygens (including phenoxy) is 1. The van der Waals surface area contributed by atoms with Gasteiger partial charge < -0.3 is 15.4 Å². The molecule has 0 bridgehead atoms. The van der Waals surface area contributed by atoms with Gasteiger partial charge in [0, 0.05) is 6.07 Å². The lowest BCUT2D eigenvalue weighted by atomic mass is 10.3. The standard InChI is InChI=1S/C15H20F2N2O2/c1-10(19-15(20)8-18-7-11-2-3-11)9-21-14-5-4-12(16)6-13(14)17/h4-6,10-11,18H,2-3,7-9H2,1H3,(H,19,20). The fraction of sp³-hybridized carbons (Fsp3) is 0.533. The SMILES string of the molecule is CC(COc1ccc(F)cc1F)NC(=O)CNCC1CC1. The fourth-order valence-corrected chi connectivity index (χ4v) is 1.89. The van der Waals surface area contributed by atoms with Crippen LogP contribution in [0.15, 0.2) is 18.2 Å². The molecule has 4 nitrogen and oxygen atoms in total. The van der Waals surface area contributed by atoms with Gasteiger partial charge in [0.25, 0.3) is 0 Å². The normalized spacial score (nSPS) is 15.6. The maximum Gasteiger partial charge on any atom is 0.234 e. The summed E-state index contributed by atoms with van der Waals surface area (Å²) in [6, 6.07) is 2.87. The topological polar surface area (TPSA) is 50.4 Å². The summed E-state index contributed by atoms with van der Waals surface area (Å²) in [6.45, 7) is 3.03. The van der Waals surface area contributed by atoms with Crippen LogP contribution in [0, 0.1) is 17.6 Å². The molecule has 1 atom stereocenters. The average molecular weight is 298 g/mol. The number of halogens is 2. The van der Waals surface area contributed by atoms with Crippen LogP contribution < -0.4 is 15.4 Å². The third-order valence-corrected chi connectivity index (χ3v) is 3.21. The number of nitrogens with one attached hydrogen (secondary N) is 2. The minimum absolute atomic E-state index is 0.0237. The second-order valence-corrected chi connectivity index (χ2v) is 5.43. The smallest absolute Gasteiger partial charge is 0.234 e. The molecule has 1 saturated carbocycles. The Morgan fingerprint density at radius 1 is 1.43 bits per heavy atom. The molecule has 1 aliphatic rings. The zero-order valence-corrected chi connectivity index (χ0v) is 12.0. The van der Waals surface area contributed by atoms with Crippen molar-refractivity contribution in [2.24, 2.45) is 5.92 Å². The summed E-state index contributed by atoms with van der Waals surface area (Å²) >= 11 is 0. The molecule has 1 aliphatic carbocycles. The van der Waals surface area contributed by atoms with Crippen LogP contribution in [0.25, 0.3) is 0 Å². The molecule has 116 valence electrons. The van der Waals surface area contributed by atoms with E-state index < -0.39 is 11.6 Å². The van der Waals surface area contributed by atoms with E-state index in [1.165, 1.54) is 18.9 Å². The highest BCUT2D eigenvalue weighted by Crippen LogP contribution is 2.27. The minimum atomic E-state index is -0.750. The molecule has 1 unspecified atom stereocenters. The highest BCUT2D eigenvalue weighted by molar-refractivity contribution is 5.78. The van der Waals surface area contributed by atoms with Gasteiger partial charge >= 0.3 is 0 Å². The van der Waals surface area contributed by atoms with Gasteiger partial charge in [0.15, 0.2) is 11.6 Å². The van der Waals surface area contributed by atoms with Gasteiger partial charge in [0.05, 0.1) is 12.6 Å². The highest BCUT2D eigenvalue weighted by atomic mass is 19.1. The van der Waals surface area contributed by atoms with Gasteiger partial charge in [0.1, 0.15) is 12.4 Å². The lowest BCUT2D eigenvalue weighted by molar-refractivity contribution is -0.121. The Morgan fingerprint density at radius 2 is 2.19 bits per heavy atom. The van der Waals surface area contributed by atoms with Crippen molar-refractivity contribution in [1.29, 1.82) is 0 Å². The Bertz CT molecular complexity index is 493. The quantitative estimate of drug-likeness (QED) is 0.770. The molecular formula is C15H20F2N2O2. The fourth-order valence-electron chi connectivity index (χ4n) is 1.89. The van der Waals surface area contributed by atoms with Crippen molar-refractivity contribution in [3.8, 4) is 5.75 Å². The zero-order valence-electron chi connectivity index (χ0n) is 12.0. The van der Waals surface area contributed by atoms with E-state index in [2.05, 4.69) is 10.6 Å². The molecule has 0 aliphatic heterocycles. The first-order chi connectivity index (χ1) is 10.0. The zero-order chi connectivity index (χ0) is 15.2. The van der Waals surface area contributed by atoms with Crippen molar-refractivity contribution in [1.82, 2.24) is 10.6 Å². The van der Waals surface area contributed by atoms with Crippen molar-refractivity contribution in [3.63, 3.8) is 0 Å².